The lowest BCUT2D eigenvalue weighted by Gasteiger charge is -2.43. The number of likely N-dealkylation sites (N-methyl/N-ethyl adjacent to an activating group) is 2. The molecular weight excluding hydrogens is 258 g/mol. The number of rotatable bonds is 6. The second-order valence-corrected chi connectivity index (χ2v) is 5.64. The molecule has 1 rings (SSSR count). The Bertz CT molecular complexity index is 454. The molecule has 2 nitrogen and oxygen atoms in total. The predicted molar refractivity (Wildman–Crippen MR) is 79.9 cm³/mol. The lowest BCUT2D eigenvalue weighted by atomic mass is 9.85. The molecule has 0 bridgehead atoms. The molecule has 0 amide bonds. The molecule has 0 aliphatic heterocycles. The smallest absolute Gasteiger partial charge is 0.133 e. The van der Waals surface area contributed by atoms with Crippen molar-refractivity contribution in [2.45, 2.75) is 46.2 Å². The van der Waals surface area contributed by atoms with Crippen molar-refractivity contribution >= 4 is 0 Å². The van der Waals surface area contributed by atoms with Crippen LogP contribution >= 0.6 is 0 Å². The highest BCUT2D eigenvalue weighted by Crippen LogP contribution is 2.34. The van der Waals surface area contributed by atoms with Crippen LogP contribution in [-0.4, -0.2) is 30.6 Å². The van der Waals surface area contributed by atoms with Crippen LogP contribution in [0.25, 0.3) is 0 Å². The molecule has 0 fully saturated rings. The molecule has 1 N–H and O–H groups in total. The maximum atomic E-state index is 14.4. The van der Waals surface area contributed by atoms with E-state index in [4.69, 9.17) is 0 Å². The molecule has 0 saturated carbocycles. The maximum Gasteiger partial charge on any atom is 0.133 e. The van der Waals surface area contributed by atoms with Gasteiger partial charge in [0, 0.05) is 11.1 Å². The van der Waals surface area contributed by atoms with Crippen LogP contribution in [0.15, 0.2) is 12.1 Å². The summed E-state index contributed by atoms with van der Waals surface area (Å²) in [4.78, 5) is 2.20. The van der Waals surface area contributed by atoms with Gasteiger partial charge in [-0.25, -0.2) is 8.78 Å². The van der Waals surface area contributed by atoms with Gasteiger partial charge in [0.2, 0.25) is 0 Å². The fraction of sp³-hybridized carbons (Fsp3) is 0.625. The Balaban J connectivity index is 3.36. The zero-order chi connectivity index (χ0) is 15.5. The molecule has 0 radical (unpaired) electrons. The number of hydrogen-bond acceptors (Lipinski definition) is 2. The van der Waals surface area contributed by atoms with E-state index in [1.807, 2.05) is 13.8 Å². The lowest BCUT2D eigenvalue weighted by molar-refractivity contribution is 0.0912. The zero-order valence-electron chi connectivity index (χ0n) is 13.3. The van der Waals surface area contributed by atoms with Gasteiger partial charge < -0.3 is 5.32 Å². The SMILES string of the molecule is CCN(CC)C(C)(C)C(NC)c1c(F)ccc(C)c1F. The minimum atomic E-state index is -0.493. The van der Waals surface area contributed by atoms with E-state index in [0.717, 1.165) is 13.1 Å². The standard InChI is InChI=1S/C16H26F2N2/c1-7-20(8-2)16(4,5)15(19-6)13-12(17)10-9-11(3)14(13)18/h9-10,15,19H,7-8H2,1-6H3. The second kappa shape index (κ2) is 6.64. The van der Waals surface area contributed by atoms with E-state index in [-0.39, 0.29) is 5.56 Å². The minimum absolute atomic E-state index is 0.129. The van der Waals surface area contributed by atoms with Crippen molar-refractivity contribution in [2.24, 2.45) is 0 Å². The molecule has 0 saturated heterocycles. The third kappa shape index (κ3) is 3.01. The van der Waals surface area contributed by atoms with Crippen molar-refractivity contribution < 1.29 is 8.78 Å². The van der Waals surface area contributed by atoms with E-state index < -0.39 is 23.2 Å². The first-order valence-corrected chi connectivity index (χ1v) is 7.17. The van der Waals surface area contributed by atoms with Crippen LogP contribution in [-0.2, 0) is 0 Å². The first-order chi connectivity index (χ1) is 9.31. The number of hydrogen-bond donors (Lipinski definition) is 1. The molecule has 1 aromatic carbocycles. The van der Waals surface area contributed by atoms with Gasteiger partial charge in [-0.1, -0.05) is 19.9 Å². The van der Waals surface area contributed by atoms with Crippen molar-refractivity contribution in [2.75, 3.05) is 20.1 Å². The van der Waals surface area contributed by atoms with Crippen LogP contribution in [0.5, 0.6) is 0 Å². The topological polar surface area (TPSA) is 15.3 Å². The molecule has 114 valence electrons. The van der Waals surface area contributed by atoms with Gasteiger partial charge >= 0.3 is 0 Å². The highest BCUT2D eigenvalue weighted by atomic mass is 19.1. The summed E-state index contributed by atoms with van der Waals surface area (Å²) in [6.45, 7) is 11.5. The monoisotopic (exact) mass is 284 g/mol. The Hall–Kier alpha value is -1.00. The summed E-state index contributed by atoms with van der Waals surface area (Å²) >= 11 is 0. The van der Waals surface area contributed by atoms with Gasteiger partial charge in [0.05, 0.1) is 6.04 Å². The van der Waals surface area contributed by atoms with E-state index in [1.54, 1.807) is 14.0 Å². The van der Waals surface area contributed by atoms with Crippen LogP contribution in [0.1, 0.15) is 44.9 Å². The zero-order valence-corrected chi connectivity index (χ0v) is 13.3. The lowest BCUT2D eigenvalue weighted by Crippen LogP contribution is -2.52. The molecule has 0 aromatic heterocycles. The van der Waals surface area contributed by atoms with E-state index in [2.05, 4.69) is 24.1 Å². The fourth-order valence-electron chi connectivity index (χ4n) is 3.01. The van der Waals surface area contributed by atoms with Gasteiger partial charge in [0.1, 0.15) is 11.6 Å². The minimum Gasteiger partial charge on any atom is -0.311 e. The number of halogens is 2. The van der Waals surface area contributed by atoms with Crippen molar-refractivity contribution in [3.05, 3.63) is 34.9 Å². The summed E-state index contributed by atoms with van der Waals surface area (Å²) in [5.74, 6) is -0.947. The van der Waals surface area contributed by atoms with Gasteiger partial charge in [-0.15, -0.1) is 0 Å². The molecule has 0 heterocycles. The average Bonchev–Trinajstić information content (AvgIpc) is 2.40. The Morgan fingerprint density at radius 2 is 1.75 bits per heavy atom. The summed E-state index contributed by atoms with van der Waals surface area (Å²) in [6, 6.07) is 2.41. The molecule has 4 heteroatoms. The largest absolute Gasteiger partial charge is 0.311 e. The Labute approximate surface area is 121 Å². The number of benzene rings is 1. The molecular formula is C16H26F2N2. The summed E-state index contributed by atoms with van der Waals surface area (Å²) in [5, 5.41) is 3.09. The van der Waals surface area contributed by atoms with E-state index in [9.17, 15) is 8.78 Å². The maximum absolute atomic E-state index is 14.4. The summed E-state index contributed by atoms with van der Waals surface area (Å²) in [7, 11) is 1.75. The van der Waals surface area contributed by atoms with Crippen molar-refractivity contribution in [3.8, 4) is 0 Å². The van der Waals surface area contributed by atoms with Crippen LogP contribution < -0.4 is 5.32 Å². The van der Waals surface area contributed by atoms with Crippen LogP contribution in [0, 0.1) is 18.6 Å². The molecule has 20 heavy (non-hydrogen) atoms. The first kappa shape index (κ1) is 17.1. The van der Waals surface area contributed by atoms with Gasteiger partial charge in [-0.05, 0) is 52.5 Å². The summed E-state index contributed by atoms with van der Waals surface area (Å²) in [5.41, 5.74) is 0.203. The summed E-state index contributed by atoms with van der Waals surface area (Å²) in [6.07, 6.45) is 0. The average molecular weight is 284 g/mol. The summed E-state index contributed by atoms with van der Waals surface area (Å²) < 4.78 is 28.6. The van der Waals surface area contributed by atoms with Gasteiger partial charge in [0.15, 0.2) is 0 Å². The highest BCUT2D eigenvalue weighted by molar-refractivity contribution is 5.31. The second-order valence-electron chi connectivity index (χ2n) is 5.64. The number of aryl methyl sites for hydroxylation is 1. The highest BCUT2D eigenvalue weighted by Gasteiger charge is 2.37. The molecule has 0 spiro atoms. The normalized spacial score (nSPS) is 13.8. The van der Waals surface area contributed by atoms with Gasteiger partial charge in [-0.3, -0.25) is 4.90 Å². The Kier molecular flexibility index (Phi) is 5.66. The number of nitrogens with zero attached hydrogens (tertiary/aromatic N) is 1. The van der Waals surface area contributed by atoms with Crippen molar-refractivity contribution in [1.82, 2.24) is 10.2 Å². The Morgan fingerprint density at radius 3 is 2.20 bits per heavy atom. The third-order valence-electron chi connectivity index (χ3n) is 4.18. The third-order valence-corrected chi connectivity index (χ3v) is 4.18. The molecule has 1 unspecified atom stereocenters. The van der Waals surface area contributed by atoms with E-state index in [0.29, 0.717) is 5.56 Å². The van der Waals surface area contributed by atoms with E-state index >= 15 is 0 Å². The quantitative estimate of drug-likeness (QED) is 0.857. The van der Waals surface area contributed by atoms with Crippen LogP contribution in [0.3, 0.4) is 0 Å². The molecule has 0 aliphatic carbocycles. The van der Waals surface area contributed by atoms with Crippen LogP contribution in [0.2, 0.25) is 0 Å². The predicted octanol–water partition coefficient (Wildman–Crippen LogP) is 3.65. The Morgan fingerprint density at radius 1 is 1.20 bits per heavy atom. The molecule has 0 aliphatic rings. The molecule has 1 aromatic rings. The van der Waals surface area contributed by atoms with Crippen molar-refractivity contribution in [1.29, 1.82) is 0 Å². The van der Waals surface area contributed by atoms with Crippen molar-refractivity contribution in [3.63, 3.8) is 0 Å². The van der Waals surface area contributed by atoms with E-state index in [1.165, 1.54) is 12.1 Å². The molecule has 1 atom stereocenters. The van der Waals surface area contributed by atoms with Crippen LogP contribution in [0.4, 0.5) is 8.78 Å². The van der Waals surface area contributed by atoms with Gasteiger partial charge in [-0.2, -0.15) is 0 Å². The first-order valence-electron chi connectivity index (χ1n) is 7.17. The van der Waals surface area contributed by atoms with Gasteiger partial charge in [0.25, 0.3) is 0 Å². The number of nitrogens with one attached hydrogen (secondary N) is 1. The fourth-order valence-corrected chi connectivity index (χ4v) is 3.01.